The monoisotopic (exact) mass is 345 g/mol. The zero-order valence-electron chi connectivity index (χ0n) is 12.4. The van der Waals surface area contributed by atoms with E-state index in [-0.39, 0.29) is 6.10 Å². The van der Waals surface area contributed by atoms with Crippen LogP contribution >= 0.6 is 15.9 Å². The van der Waals surface area contributed by atoms with E-state index >= 15 is 0 Å². The predicted octanol–water partition coefficient (Wildman–Crippen LogP) is 2.97. The van der Waals surface area contributed by atoms with Gasteiger partial charge in [0.1, 0.15) is 0 Å². The zero-order valence-corrected chi connectivity index (χ0v) is 13.9. The summed E-state index contributed by atoms with van der Waals surface area (Å²) >= 11 is 3.49. The summed E-state index contributed by atoms with van der Waals surface area (Å²) in [4.78, 5) is 0. The van der Waals surface area contributed by atoms with E-state index in [1.165, 1.54) is 5.56 Å². The number of rotatable bonds is 9. The molecule has 0 heterocycles. The van der Waals surface area contributed by atoms with Gasteiger partial charge in [0.2, 0.25) is 0 Å². The number of aliphatic hydroxyl groups excluding tert-OH is 1. The van der Waals surface area contributed by atoms with Gasteiger partial charge in [0.15, 0.2) is 0 Å². The largest absolute Gasteiger partial charge is 0.389 e. The molecule has 0 aliphatic heterocycles. The molecule has 0 fully saturated rings. The minimum absolute atomic E-state index is 0.212. The van der Waals surface area contributed by atoms with Crippen LogP contribution in [0.3, 0.4) is 0 Å². The van der Waals surface area contributed by atoms with Crippen molar-refractivity contribution < 1.29 is 14.6 Å². The Morgan fingerprint density at radius 2 is 2.05 bits per heavy atom. The Morgan fingerprint density at radius 3 is 2.70 bits per heavy atom. The lowest BCUT2D eigenvalue weighted by Gasteiger charge is -2.15. The maximum atomic E-state index is 9.82. The van der Waals surface area contributed by atoms with Gasteiger partial charge in [-0.05, 0) is 54.4 Å². The topological polar surface area (TPSA) is 50.7 Å². The van der Waals surface area contributed by atoms with Crippen molar-refractivity contribution >= 4 is 21.6 Å². The van der Waals surface area contributed by atoms with E-state index in [1.54, 1.807) is 0 Å². The number of anilines is 1. The first kappa shape index (κ1) is 17.4. The van der Waals surface area contributed by atoms with E-state index in [0.717, 1.165) is 10.2 Å². The van der Waals surface area contributed by atoms with Gasteiger partial charge in [-0.2, -0.15) is 0 Å². The number of hydrogen-bond acceptors (Lipinski definition) is 4. The second-order valence-electron chi connectivity index (χ2n) is 5.01. The maximum absolute atomic E-state index is 9.82. The number of aryl methyl sites for hydroxylation is 1. The molecule has 1 rings (SSSR count). The molecule has 5 heteroatoms. The number of ether oxygens (including phenoxy) is 2. The van der Waals surface area contributed by atoms with E-state index in [2.05, 4.69) is 21.2 Å². The van der Waals surface area contributed by atoms with Crippen LogP contribution in [0.4, 0.5) is 5.69 Å². The van der Waals surface area contributed by atoms with Crippen molar-refractivity contribution in [2.75, 3.05) is 31.7 Å². The van der Waals surface area contributed by atoms with Crippen molar-refractivity contribution in [1.29, 1.82) is 0 Å². The molecule has 1 unspecified atom stereocenters. The smallest absolute Gasteiger partial charge is 0.0945 e. The Labute approximate surface area is 129 Å². The normalized spacial score (nSPS) is 12.7. The van der Waals surface area contributed by atoms with Crippen LogP contribution in [0.5, 0.6) is 0 Å². The highest BCUT2D eigenvalue weighted by atomic mass is 79.9. The number of aliphatic hydroxyl groups is 1. The van der Waals surface area contributed by atoms with Crippen LogP contribution in [0.2, 0.25) is 0 Å². The van der Waals surface area contributed by atoms with E-state index in [0.29, 0.717) is 26.4 Å². The van der Waals surface area contributed by atoms with Gasteiger partial charge in [0, 0.05) is 16.7 Å². The first-order valence-electron chi connectivity index (χ1n) is 6.86. The summed E-state index contributed by atoms with van der Waals surface area (Å²) in [5.41, 5.74) is 2.16. The van der Waals surface area contributed by atoms with Crippen molar-refractivity contribution in [3.8, 4) is 0 Å². The van der Waals surface area contributed by atoms with Crippen LogP contribution in [0.1, 0.15) is 19.4 Å². The Bertz CT molecular complexity index is 399. The van der Waals surface area contributed by atoms with E-state index in [4.69, 9.17) is 9.47 Å². The Morgan fingerprint density at radius 1 is 1.30 bits per heavy atom. The summed E-state index contributed by atoms with van der Waals surface area (Å²) in [5.74, 6) is 0. The van der Waals surface area contributed by atoms with Gasteiger partial charge in [0.25, 0.3) is 0 Å². The van der Waals surface area contributed by atoms with Crippen molar-refractivity contribution in [3.05, 3.63) is 28.2 Å². The summed E-state index contributed by atoms with van der Waals surface area (Å²) in [6.07, 6.45) is -0.327. The van der Waals surface area contributed by atoms with Crippen LogP contribution in [0.15, 0.2) is 22.7 Å². The quantitative estimate of drug-likeness (QED) is 0.675. The van der Waals surface area contributed by atoms with Gasteiger partial charge < -0.3 is 19.9 Å². The van der Waals surface area contributed by atoms with E-state index in [9.17, 15) is 5.11 Å². The highest BCUT2D eigenvalue weighted by molar-refractivity contribution is 9.10. The fraction of sp³-hybridized carbons (Fsp3) is 0.600. The third-order valence-corrected chi connectivity index (χ3v) is 3.30. The molecule has 4 nitrogen and oxygen atoms in total. The van der Waals surface area contributed by atoms with Crippen LogP contribution < -0.4 is 5.32 Å². The molecule has 1 aromatic rings. The molecule has 0 bridgehead atoms. The maximum Gasteiger partial charge on any atom is 0.0945 e. The molecule has 0 spiro atoms. The number of hydrogen-bond donors (Lipinski definition) is 2. The van der Waals surface area contributed by atoms with Crippen LogP contribution in [-0.4, -0.2) is 43.7 Å². The molecule has 20 heavy (non-hydrogen) atoms. The Kier molecular flexibility index (Phi) is 8.14. The molecule has 0 saturated heterocycles. The zero-order chi connectivity index (χ0) is 15.0. The van der Waals surface area contributed by atoms with Gasteiger partial charge >= 0.3 is 0 Å². The third kappa shape index (κ3) is 7.24. The number of halogens is 1. The molecule has 0 saturated carbocycles. The fourth-order valence-corrected chi connectivity index (χ4v) is 2.25. The van der Waals surface area contributed by atoms with Crippen LogP contribution in [0, 0.1) is 6.92 Å². The molecule has 1 aromatic carbocycles. The molecule has 1 atom stereocenters. The second kappa shape index (κ2) is 9.34. The fourth-order valence-electron chi connectivity index (χ4n) is 1.61. The van der Waals surface area contributed by atoms with Gasteiger partial charge in [0.05, 0.1) is 32.0 Å². The molecule has 0 radical (unpaired) electrons. The highest BCUT2D eigenvalue weighted by Gasteiger charge is 2.06. The SMILES string of the molecule is Cc1ccc(NCC(O)COCCOC(C)C)c(Br)c1. The Hall–Kier alpha value is -0.620. The number of benzene rings is 1. The molecule has 2 N–H and O–H groups in total. The summed E-state index contributed by atoms with van der Waals surface area (Å²) in [6.45, 7) is 7.82. The van der Waals surface area contributed by atoms with Crippen molar-refractivity contribution in [1.82, 2.24) is 0 Å². The van der Waals surface area contributed by atoms with E-state index < -0.39 is 6.10 Å². The standard InChI is InChI=1S/C15H24BrNO3/c1-11(2)20-7-6-19-10-13(18)9-17-15-5-4-12(3)8-14(15)16/h4-5,8,11,13,17-18H,6-7,9-10H2,1-3H3. The van der Waals surface area contributed by atoms with Crippen LogP contribution in [0.25, 0.3) is 0 Å². The number of nitrogens with one attached hydrogen (secondary N) is 1. The predicted molar refractivity (Wildman–Crippen MR) is 85.3 cm³/mol. The van der Waals surface area contributed by atoms with Crippen molar-refractivity contribution in [2.45, 2.75) is 33.0 Å². The summed E-state index contributed by atoms with van der Waals surface area (Å²) in [7, 11) is 0. The first-order valence-corrected chi connectivity index (χ1v) is 7.65. The summed E-state index contributed by atoms with van der Waals surface area (Å²) < 4.78 is 11.7. The van der Waals surface area contributed by atoms with E-state index in [1.807, 2.05) is 39.0 Å². The van der Waals surface area contributed by atoms with Gasteiger partial charge in [-0.25, -0.2) is 0 Å². The first-order chi connectivity index (χ1) is 9.49. The minimum atomic E-state index is -0.540. The summed E-state index contributed by atoms with van der Waals surface area (Å²) in [5, 5.41) is 13.0. The molecule has 0 amide bonds. The molecule has 0 aromatic heterocycles. The lowest BCUT2D eigenvalue weighted by atomic mass is 10.2. The Balaban J connectivity index is 2.18. The van der Waals surface area contributed by atoms with Gasteiger partial charge in [-0.3, -0.25) is 0 Å². The average Bonchev–Trinajstić information content (AvgIpc) is 2.37. The lowest BCUT2D eigenvalue weighted by Crippen LogP contribution is -2.26. The lowest BCUT2D eigenvalue weighted by molar-refractivity contribution is -0.00734. The second-order valence-corrected chi connectivity index (χ2v) is 5.87. The van der Waals surface area contributed by atoms with Crippen molar-refractivity contribution in [3.63, 3.8) is 0 Å². The third-order valence-electron chi connectivity index (χ3n) is 2.64. The molecule has 0 aliphatic rings. The average molecular weight is 346 g/mol. The molecular formula is C15H24BrNO3. The van der Waals surface area contributed by atoms with Gasteiger partial charge in [-0.1, -0.05) is 6.07 Å². The summed E-state index contributed by atoms with van der Waals surface area (Å²) in [6, 6.07) is 6.05. The molecule has 114 valence electrons. The minimum Gasteiger partial charge on any atom is -0.389 e. The van der Waals surface area contributed by atoms with Crippen molar-refractivity contribution in [2.24, 2.45) is 0 Å². The van der Waals surface area contributed by atoms with Crippen LogP contribution in [-0.2, 0) is 9.47 Å². The highest BCUT2D eigenvalue weighted by Crippen LogP contribution is 2.23. The molecule has 0 aliphatic carbocycles. The molecular weight excluding hydrogens is 322 g/mol. The van der Waals surface area contributed by atoms with Gasteiger partial charge in [-0.15, -0.1) is 0 Å².